The van der Waals surface area contributed by atoms with Crippen LogP contribution in [0.15, 0.2) is 21.1 Å². The zero-order chi connectivity index (χ0) is 14.1. The molecule has 0 spiro atoms. The number of halogens is 2. The first-order chi connectivity index (χ1) is 9.65. The number of hydrogen-bond acceptors (Lipinski definition) is 3. The highest BCUT2D eigenvalue weighted by atomic mass is 79.9. The van der Waals surface area contributed by atoms with Gasteiger partial charge in [0, 0.05) is 41.2 Å². The average Bonchev–Trinajstić information content (AvgIpc) is 3.25. The first kappa shape index (κ1) is 14.8. The molecular formula is C15H21Br2N3. The van der Waals surface area contributed by atoms with Crippen LogP contribution in [-0.4, -0.2) is 31.1 Å². The lowest BCUT2D eigenvalue weighted by molar-refractivity contribution is 0.161. The molecule has 1 saturated carbocycles. The third-order valence-electron chi connectivity index (χ3n) is 4.33. The van der Waals surface area contributed by atoms with Gasteiger partial charge >= 0.3 is 0 Å². The van der Waals surface area contributed by atoms with Gasteiger partial charge in [0.15, 0.2) is 0 Å². The van der Waals surface area contributed by atoms with Crippen molar-refractivity contribution in [2.75, 3.05) is 31.9 Å². The van der Waals surface area contributed by atoms with Gasteiger partial charge in [-0.2, -0.15) is 0 Å². The predicted molar refractivity (Wildman–Crippen MR) is 90.8 cm³/mol. The number of benzene rings is 1. The van der Waals surface area contributed by atoms with Crippen LogP contribution < -0.4 is 11.1 Å². The van der Waals surface area contributed by atoms with Crippen molar-refractivity contribution in [3.63, 3.8) is 0 Å². The third-order valence-corrected chi connectivity index (χ3v) is 5.45. The third kappa shape index (κ3) is 3.38. The first-order valence-electron chi connectivity index (χ1n) is 7.34. The smallest absolute Gasteiger partial charge is 0.0507 e. The van der Waals surface area contributed by atoms with Crippen molar-refractivity contribution in [2.24, 2.45) is 5.92 Å². The minimum absolute atomic E-state index is 0.457. The van der Waals surface area contributed by atoms with Gasteiger partial charge < -0.3 is 11.1 Å². The fraction of sp³-hybridized carbons (Fsp3) is 0.600. The molecule has 5 heteroatoms. The predicted octanol–water partition coefficient (Wildman–Crippen LogP) is 3.54. The molecule has 0 radical (unpaired) electrons. The second-order valence-corrected chi connectivity index (χ2v) is 7.64. The Balaban J connectivity index is 1.90. The van der Waals surface area contributed by atoms with Crippen LogP contribution in [-0.2, 0) is 0 Å². The molecule has 2 aliphatic rings. The first-order valence-corrected chi connectivity index (χ1v) is 8.93. The molecule has 2 fully saturated rings. The van der Waals surface area contributed by atoms with Crippen LogP contribution in [0.5, 0.6) is 0 Å². The second-order valence-electron chi connectivity index (χ2n) is 5.87. The van der Waals surface area contributed by atoms with Gasteiger partial charge in [-0.1, -0.05) is 28.8 Å². The minimum Gasteiger partial charge on any atom is -0.398 e. The number of nitrogens with two attached hydrogens (primary N) is 1. The van der Waals surface area contributed by atoms with Gasteiger partial charge in [-0.05, 0) is 46.0 Å². The molecule has 1 aromatic carbocycles. The van der Waals surface area contributed by atoms with Gasteiger partial charge in [-0.3, -0.25) is 4.90 Å². The number of piperazine rings is 1. The molecule has 1 saturated heterocycles. The van der Waals surface area contributed by atoms with Crippen molar-refractivity contribution in [1.29, 1.82) is 0 Å². The van der Waals surface area contributed by atoms with Crippen molar-refractivity contribution in [3.8, 4) is 0 Å². The average molecular weight is 403 g/mol. The van der Waals surface area contributed by atoms with Crippen molar-refractivity contribution < 1.29 is 0 Å². The van der Waals surface area contributed by atoms with Gasteiger partial charge in [0.05, 0.1) is 5.69 Å². The van der Waals surface area contributed by atoms with E-state index >= 15 is 0 Å². The van der Waals surface area contributed by atoms with Crippen molar-refractivity contribution in [2.45, 2.75) is 25.3 Å². The number of nitrogens with zero attached hydrogens (tertiary/aromatic N) is 1. The Morgan fingerprint density at radius 3 is 2.60 bits per heavy atom. The lowest BCUT2D eigenvalue weighted by Gasteiger charge is -2.36. The Kier molecular flexibility index (Phi) is 4.70. The van der Waals surface area contributed by atoms with E-state index in [1.165, 1.54) is 24.8 Å². The van der Waals surface area contributed by atoms with E-state index in [1.807, 2.05) is 6.07 Å². The molecule has 1 aliphatic carbocycles. The maximum absolute atomic E-state index is 6.35. The van der Waals surface area contributed by atoms with Gasteiger partial charge in [0.1, 0.15) is 0 Å². The zero-order valence-electron chi connectivity index (χ0n) is 11.5. The Labute approximate surface area is 137 Å². The highest BCUT2D eigenvalue weighted by molar-refractivity contribution is 9.11. The summed E-state index contributed by atoms with van der Waals surface area (Å²) < 4.78 is 2.10. The molecule has 0 amide bonds. The second kappa shape index (κ2) is 6.34. The summed E-state index contributed by atoms with van der Waals surface area (Å²) in [6.45, 7) is 4.38. The quantitative estimate of drug-likeness (QED) is 0.756. The molecule has 3 N–H and O–H groups in total. The summed E-state index contributed by atoms with van der Waals surface area (Å²) in [4.78, 5) is 2.60. The Bertz CT molecular complexity index is 482. The summed E-state index contributed by atoms with van der Waals surface area (Å²) in [5.74, 6) is 0.895. The largest absolute Gasteiger partial charge is 0.398 e. The summed E-state index contributed by atoms with van der Waals surface area (Å²) in [5.41, 5.74) is 8.52. The molecule has 0 bridgehead atoms. The highest BCUT2D eigenvalue weighted by Crippen LogP contribution is 2.43. The molecule has 3 rings (SSSR count). The topological polar surface area (TPSA) is 41.3 Å². The van der Waals surface area contributed by atoms with Crippen LogP contribution in [0, 0.1) is 5.92 Å². The van der Waals surface area contributed by atoms with Crippen molar-refractivity contribution in [1.82, 2.24) is 10.2 Å². The van der Waals surface area contributed by atoms with Crippen LogP contribution in [0.2, 0.25) is 0 Å². The summed E-state index contributed by atoms with van der Waals surface area (Å²) in [6.07, 6.45) is 4.02. The number of hydrogen-bond donors (Lipinski definition) is 2. The monoisotopic (exact) mass is 401 g/mol. The Morgan fingerprint density at radius 1 is 1.25 bits per heavy atom. The summed E-state index contributed by atoms with van der Waals surface area (Å²) in [6, 6.07) is 4.69. The molecule has 1 aliphatic heterocycles. The lowest BCUT2D eigenvalue weighted by atomic mass is 9.97. The van der Waals surface area contributed by atoms with E-state index in [2.05, 4.69) is 48.1 Å². The van der Waals surface area contributed by atoms with E-state index in [-0.39, 0.29) is 0 Å². The molecule has 20 heavy (non-hydrogen) atoms. The molecular weight excluding hydrogens is 382 g/mol. The molecule has 1 heterocycles. The molecule has 1 atom stereocenters. The molecule has 3 nitrogen and oxygen atoms in total. The van der Waals surface area contributed by atoms with E-state index in [4.69, 9.17) is 5.73 Å². The van der Waals surface area contributed by atoms with Crippen molar-refractivity contribution in [3.05, 3.63) is 26.6 Å². The van der Waals surface area contributed by atoms with E-state index < -0.39 is 0 Å². The number of nitrogen functional groups attached to an aromatic ring is 1. The van der Waals surface area contributed by atoms with Gasteiger partial charge in [-0.25, -0.2) is 0 Å². The number of rotatable bonds is 4. The number of nitrogens with one attached hydrogen (secondary N) is 1. The maximum atomic E-state index is 6.35. The molecule has 0 aromatic heterocycles. The Hall–Kier alpha value is -0.100. The van der Waals surface area contributed by atoms with Crippen LogP contribution in [0.3, 0.4) is 0 Å². The SMILES string of the molecule is Nc1c(Br)cc(Br)cc1[C@@H](CC1CC1)N1CCNCC1. The minimum atomic E-state index is 0.457. The maximum Gasteiger partial charge on any atom is 0.0507 e. The van der Waals surface area contributed by atoms with E-state index in [1.54, 1.807) is 0 Å². The lowest BCUT2D eigenvalue weighted by Crippen LogP contribution is -2.45. The van der Waals surface area contributed by atoms with Gasteiger partial charge in [0.25, 0.3) is 0 Å². The molecule has 0 unspecified atom stereocenters. The van der Waals surface area contributed by atoms with Crippen LogP contribution in [0.1, 0.15) is 30.9 Å². The van der Waals surface area contributed by atoms with E-state index in [9.17, 15) is 0 Å². The summed E-state index contributed by atoms with van der Waals surface area (Å²) in [7, 11) is 0. The van der Waals surface area contributed by atoms with Crippen molar-refractivity contribution >= 4 is 37.5 Å². The van der Waals surface area contributed by atoms with E-state index in [0.29, 0.717) is 6.04 Å². The normalized spacial score (nSPS) is 21.9. The van der Waals surface area contributed by atoms with E-state index in [0.717, 1.165) is 46.7 Å². The molecule has 110 valence electrons. The van der Waals surface area contributed by atoms with Gasteiger partial charge in [-0.15, -0.1) is 0 Å². The number of anilines is 1. The zero-order valence-corrected chi connectivity index (χ0v) is 14.7. The Morgan fingerprint density at radius 2 is 1.95 bits per heavy atom. The van der Waals surface area contributed by atoms with Crippen LogP contribution in [0.4, 0.5) is 5.69 Å². The van der Waals surface area contributed by atoms with Gasteiger partial charge in [0.2, 0.25) is 0 Å². The molecule has 1 aromatic rings. The summed E-state index contributed by atoms with van der Waals surface area (Å²) >= 11 is 7.19. The highest BCUT2D eigenvalue weighted by Gasteiger charge is 2.31. The standard InChI is InChI=1S/C15H21Br2N3/c16-11-8-12(15(18)13(17)9-11)14(7-10-1-2-10)20-5-3-19-4-6-20/h8-10,14,19H,1-7,18H2/t14-/m1/s1. The van der Waals surface area contributed by atoms with Crippen LogP contribution >= 0.6 is 31.9 Å². The fourth-order valence-electron chi connectivity index (χ4n) is 3.02. The fourth-order valence-corrected chi connectivity index (χ4v) is 4.27. The van der Waals surface area contributed by atoms with Crippen LogP contribution in [0.25, 0.3) is 0 Å². The summed E-state index contributed by atoms with van der Waals surface area (Å²) in [5, 5.41) is 3.44.